The Kier molecular flexibility index (Phi) is 3.24. The molecule has 1 amide bonds. The topological polar surface area (TPSA) is 59.8 Å². The van der Waals surface area contributed by atoms with Crippen LogP contribution in [-0.4, -0.2) is 20.6 Å². The molecule has 0 radical (unpaired) electrons. The fraction of sp³-hybridized carbons (Fsp3) is 0. The first-order chi connectivity index (χ1) is 9.84. The average Bonchev–Trinajstić information content (AvgIpc) is 2.97. The molecule has 0 unspecified atom stereocenters. The zero-order chi connectivity index (χ0) is 13.8. The highest BCUT2D eigenvalue weighted by Crippen LogP contribution is 2.18. The molecule has 0 aliphatic heterocycles. The second kappa shape index (κ2) is 5.36. The van der Waals surface area contributed by atoms with Gasteiger partial charge in [-0.05, 0) is 12.1 Å². The Morgan fingerprint density at radius 2 is 1.90 bits per heavy atom. The van der Waals surface area contributed by atoms with Gasteiger partial charge in [0.25, 0.3) is 5.91 Å². The molecule has 0 bridgehead atoms. The summed E-state index contributed by atoms with van der Waals surface area (Å²) in [6, 6.07) is 13.6. The molecular formula is C15H12N4O. The molecule has 0 aliphatic rings. The van der Waals surface area contributed by atoms with Crippen molar-refractivity contribution in [2.24, 2.45) is 0 Å². The molecule has 2 aromatic heterocycles. The minimum atomic E-state index is -0.300. The van der Waals surface area contributed by atoms with E-state index < -0.39 is 0 Å². The third-order valence-electron chi connectivity index (χ3n) is 2.84. The Morgan fingerprint density at radius 1 is 1.05 bits per heavy atom. The second-order valence-corrected chi connectivity index (χ2v) is 4.16. The Hall–Kier alpha value is -2.95. The molecule has 5 nitrogen and oxygen atoms in total. The first-order valence-electron chi connectivity index (χ1n) is 6.15. The fourth-order valence-electron chi connectivity index (χ4n) is 1.91. The van der Waals surface area contributed by atoms with E-state index in [0.29, 0.717) is 0 Å². The molecule has 0 saturated carbocycles. The van der Waals surface area contributed by atoms with Crippen LogP contribution in [0.1, 0.15) is 10.5 Å². The molecule has 0 fully saturated rings. The van der Waals surface area contributed by atoms with Crippen LogP contribution in [0.3, 0.4) is 0 Å². The van der Waals surface area contributed by atoms with Crippen molar-refractivity contribution in [2.45, 2.75) is 0 Å². The van der Waals surface area contributed by atoms with Crippen molar-refractivity contribution in [1.29, 1.82) is 0 Å². The predicted octanol–water partition coefficient (Wildman–Crippen LogP) is 2.33. The SMILES string of the molecule is O=C(Nn1cccc1-c1ccccc1)c1cnccn1. The molecule has 5 heteroatoms. The molecule has 1 aromatic carbocycles. The van der Waals surface area contributed by atoms with Gasteiger partial charge in [-0.2, -0.15) is 0 Å². The van der Waals surface area contributed by atoms with Gasteiger partial charge in [0.05, 0.1) is 11.9 Å². The summed E-state index contributed by atoms with van der Waals surface area (Å²) in [6.45, 7) is 0. The van der Waals surface area contributed by atoms with E-state index in [0.717, 1.165) is 11.3 Å². The Bertz CT molecular complexity index is 707. The lowest BCUT2D eigenvalue weighted by molar-refractivity contribution is 0.100. The summed E-state index contributed by atoms with van der Waals surface area (Å²) in [4.78, 5) is 19.9. The van der Waals surface area contributed by atoms with Gasteiger partial charge >= 0.3 is 0 Å². The molecule has 1 N–H and O–H groups in total. The third kappa shape index (κ3) is 2.42. The van der Waals surface area contributed by atoms with E-state index in [1.54, 1.807) is 10.9 Å². The van der Waals surface area contributed by atoms with Crippen LogP contribution < -0.4 is 5.43 Å². The van der Waals surface area contributed by atoms with Gasteiger partial charge in [-0.15, -0.1) is 0 Å². The summed E-state index contributed by atoms with van der Waals surface area (Å²) >= 11 is 0. The monoisotopic (exact) mass is 264 g/mol. The first kappa shape index (κ1) is 12.1. The van der Waals surface area contributed by atoms with Gasteiger partial charge in [-0.3, -0.25) is 19.9 Å². The number of hydrogen-bond donors (Lipinski definition) is 1. The van der Waals surface area contributed by atoms with E-state index in [1.165, 1.54) is 18.6 Å². The van der Waals surface area contributed by atoms with Crippen molar-refractivity contribution in [1.82, 2.24) is 14.6 Å². The quantitative estimate of drug-likeness (QED) is 0.789. The summed E-state index contributed by atoms with van der Waals surface area (Å²) in [5.74, 6) is -0.300. The first-order valence-corrected chi connectivity index (χ1v) is 6.15. The van der Waals surface area contributed by atoms with Crippen LogP contribution in [0.15, 0.2) is 67.3 Å². The van der Waals surface area contributed by atoms with E-state index in [9.17, 15) is 4.79 Å². The van der Waals surface area contributed by atoms with E-state index in [4.69, 9.17) is 0 Å². The highest BCUT2D eigenvalue weighted by Gasteiger charge is 2.10. The van der Waals surface area contributed by atoms with Crippen LogP contribution in [0.2, 0.25) is 0 Å². The Balaban J connectivity index is 1.86. The lowest BCUT2D eigenvalue weighted by atomic mass is 10.2. The van der Waals surface area contributed by atoms with E-state index in [-0.39, 0.29) is 11.6 Å². The largest absolute Gasteiger partial charge is 0.290 e. The minimum absolute atomic E-state index is 0.278. The number of rotatable bonds is 3. The zero-order valence-electron chi connectivity index (χ0n) is 10.6. The van der Waals surface area contributed by atoms with Gasteiger partial charge in [0.2, 0.25) is 0 Å². The van der Waals surface area contributed by atoms with Gasteiger partial charge in [-0.1, -0.05) is 30.3 Å². The fourth-order valence-corrected chi connectivity index (χ4v) is 1.91. The van der Waals surface area contributed by atoms with E-state index in [1.807, 2.05) is 42.5 Å². The maximum atomic E-state index is 12.1. The highest BCUT2D eigenvalue weighted by atomic mass is 16.2. The summed E-state index contributed by atoms with van der Waals surface area (Å²) in [7, 11) is 0. The zero-order valence-corrected chi connectivity index (χ0v) is 10.6. The summed E-state index contributed by atoms with van der Waals surface area (Å²) in [6.07, 6.45) is 6.24. The summed E-state index contributed by atoms with van der Waals surface area (Å²) < 4.78 is 1.67. The van der Waals surface area contributed by atoms with Gasteiger partial charge in [-0.25, -0.2) is 4.98 Å². The number of benzene rings is 1. The van der Waals surface area contributed by atoms with Gasteiger partial charge in [0, 0.05) is 24.2 Å². The van der Waals surface area contributed by atoms with E-state index >= 15 is 0 Å². The number of carbonyl (C=O) groups excluding carboxylic acids is 1. The molecule has 3 rings (SSSR count). The van der Waals surface area contributed by atoms with Crippen LogP contribution in [0.25, 0.3) is 11.3 Å². The number of nitrogens with zero attached hydrogens (tertiary/aromatic N) is 3. The molecule has 20 heavy (non-hydrogen) atoms. The lowest BCUT2D eigenvalue weighted by Gasteiger charge is -2.10. The normalized spacial score (nSPS) is 10.2. The van der Waals surface area contributed by atoms with Crippen LogP contribution >= 0.6 is 0 Å². The molecule has 0 saturated heterocycles. The third-order valence-corrected chi connectivity index (χ3v) is 2.84. The van der Waals surface area contributed by atoms with Crippen LogP contribution in [0.5, 0.6) is 0 Å². The average molecular weight is 264 g/mol. The van der Waals surface area contributed by atoms with Crippen molar-refractivity contribution < 1.29 is 4.79 Å². The minimum Gasteiger partial charge on any atom is -0.266 e. The maximum absolute atomic E-state index is 12.1. The van der Waals surface area contributed by atoms with Gasteiger partial charge in [0.1, 0.15) is 5.69 Å². The van der Waals surface area contributed by atoms with Crippen LogP contribution in [0.4, 0.5) is 0 Å². The molecule has 2 heterocycles. The molecule has 0 spiro atoms. The number of nitrogens with one attached hydrogen (secondary N) is 1. The van der Waals surface area contributed by atoms with Gasteiger partial charge in [0.15, 0.2) is 0 Å². The van der Waals surface area contributed by atoms with Crippen LogP contribution in [-0.2, 0) is 0 Å². The van der Waals surface area contributed by atoms with Crippen molar-refractivity contribution in [3.05, 3.63) is 72.9 Å². The molecule has 0 aliphatic carbocycles. The Labute approximate surface area is 115 Å². The van der Waals surface area contributed by atoms with Crippen molar-refractivity contribution in [3.8, 4) is 11.3 Å². The molecule has 0 atom stereocenters. The number of carbonyl (C=O) groups is 1. The van der Waals surface area contributed by atoms with Crippen molar-refractivity contribution in [3.63, 3.8) is 0 Å². The standard InChI is InChI=1S/C15H12N4O/c20-15(13-11-16-8-9-17-13)18-19-10-4-7-14(19)12-5-2-1-3-6-12/h1-11H,(H,18,20). The number of amides is 1. The lowest BCUT2D eigenvalue weighted by Crippen LogP contribution is -2.23. The molecule has 98 valence electrons. The van der Waals surface area contributed by atoms with Crippen molar-refractivity contribution >= 4 is 5.91 Å². The van der Waals surface area contributed by atoms with E-state index in [2.05, 4.69) is 15.4 Å². The smallest absolute Gasteiger partial charge is 0.266 e. The van der Waals surface area contributed by atoms with Crippen molar-refractivity contribution in [2.75, 3.05) is 5.43 Å². The number of hydrogen-bond acceptors (Lipinski definition) is 3. The maximum Gasteiger partial charge on any atom is 0.290 e. The Morgan fingerprint density at radius 3 is 2.65 bits per heavy atom. The molecular weight excluding hydrogens is 252 g/mol. The molecule has 3 aromatic rings. The predicted molar refractivity (Wildman–Crippen MR) is 75.6 cm³/mol. The second-order valence-electron chi connectivity index (χ2n) is 4.16. The number of aromatic nitrogens is 3. The highest BCUT2D eigenvalue weighted by molar-refractivity contribution is 5.98. The van der Waals surface area contributed by atoms with Gasteiger partial charge < -0.3 is 0 Å². The summed E-state index contributed by atoms with van der Waals surface area (Å²) in [5.41, 5.74) is 4.99. The summed E-state index contributed by atoms with van der Waals surface area (Å²) in [5, 5.41) is 0. The van der Waals surface area contributed by atoms with Crippen LogP contribution in [0, 0.1) is 0 Å².